The number of aromatic nitrogens is 1. The highest BCUT2D eigenvalue weighted by atomic mass is 16.5. The molecular weight excluding hydrogens is 256 g/mol. The van der Waals surface area contributed by atoms with E-state index < -0.39 is 5.97 Å². The van der Waals surface area contributed by atoms with Crippen LogP contribution in [0.3, 0.4) is 0 Å². The summed E-state index contributed by atoms with van der Waals surface area (Å²) in [6, 6.07) is 8.24. The lowest BCUT2D eigenvalue weighted by Gasteiger charge is -2.07. The van der Waals surface area contributed by atoms with Gasteiger partial charge in [0.15, 0.2) is 5.69 Å². The lowest BCUT2D eigenvalue weighted by Crippen LogP contribution is -2.05. The van der Waals surface area contributed by atoms with Crippen molar-refractivity contribution in [3.05, 3.63) is 41.8 Å². The lowest BCUT2D eigenvalue weighted by molar-refractivity contribution is 0.0519. The first-order chi connectivity index (χ1) is 9.74. The van der Waals surface area contributed by atoms with Gasteiger partial charge in [-0.25, -0.2) is 4.79 Å². The second-order valence-electron chi connectivity index (χ2n) is 4.29. The molecule has 2 rings (SSSR count). The van der Waals surface area contributed by atoms with Gasteiger partial charge in [0.05, 0.1) is 6.61 Å². The molecule has 0 amide bonds. The van der Waals surface area contributed by atoms with Crippen LogP contribution in [-0.2, 0) is 11.2 Å². The first kappa shape index (κ1) is 14.1. The van der Waals surface area contributed by atoms with Crippen LogP contribution in [0, 0.1) is 0 Å². The van der Waals surface area contributed by atoms with E-state index in [0.29, 0.717) is 6.61 Å². The molecule has 1 N–H and O–H groups in total. The molecule has 5 nitrogen and oxygen atoms in total. The van der Waals surface area contributed by atoms with E-state index in [9.17, 15) is 4.79 Å². The third-order valence-corrected chi connectivity index (χ3v) is 2.77. The number of oxazole rings is 1. The number of carbonyl (C=O) groups is 1. The molecule has 0 aliphatic heterocycles. The van der Waals surface area contributed by atoms with Crippen molar-refractivity contribution in [2.45, 2.75) is 26.7 Å². The van der Waals surface area contributed by atoms with E-state index in [4.69, 9.17) is 9.15 Å². The van der Waals surface area contributed by atoms with E-state index in [-0.39, 0.29) is 11.7 Å². The van der Waals surface area contributed by atoms with E-state index in [1.165, 1.54) is 11.8 Å². The average molecular weight is 274 g/mol. The second-order valence-corrected chi connectivity index (χ2v) is 4.29. The fraction of sp³-hybridized carbons (Fsp3) is 0.333. The van der Waals surface area contributed by atoms with Gasteiger partial charge in [-0.1, -0.05) is 31.5 Å². The van der Waals surface area contributed by atoms with E-state index in [2.05, 4.69) is 23.3 Å². The predicted molar refractivity (Wildman–Crippen MR) is 76.2 cm³/mol. The second kappa shape index (κ2) is 6.75. The largest absolute Gasteiger partial charge is 0.461 e. The van der Waals surface area contributed by atoms with E-state index >= 15 is 0 Å². The molecule has 1 heterocycles. The standard InChI is InChI=1S/C15H18N2O3/c1-3-7-11-8-5-6-9-12(11)16-15-17-13(10-20-15)14(18)19-4-2/h5-6,8-10H,3-4,7H2,1-2H3,(H,16,17). The van der Waals surface area contributed by atoms with Gasteiger partial charge in [0.25, 0.3) is 6.01 Å². The van der Waals surface area contributed by atoms with Crippen LogP contribution in [0.4, 0.5) is 11.7 Å². The van der Waals surface area contributed by atoms with Gasteiger partial charge in [0.2, 0.25) is 0 Å². The fourth-order valence-corrected chi connectivity index (χ4v) is 1.87. The van der Waals surface area contributed by atoms with Crippen LogP contribution in [0.5, 0.6) is 0 Å². The summed E-state index contributed by atoms with van der Waals surface area (Å²) in [6.45, 7) is 4.19. The smallest absolute Gasteiger partial charge is 0.360 e. The Morgan fingerprint density at radius 1 is 1.35 bits per heavy atom. The number of para-hydroxylation sites is 1. The summed E-state index contributed by atoms with van der Waals surface area (Å²) >= 11 is 0. The molecule has 0 spiro atoms. The molecule has 0 aliphatic carbocycles. The highest BCUT2D eigenvalue weighted by Crippen LogP contribution is 2.21. The molecule has 1 aromatic heterocycles. The summed E-state index contributed by atoms with van der Waals surface area (Å²) < 4.78 is 10.1. The molecule has 106 valence electrons. The Morgan fingerprint density at radius 2 is 2.15 bits per heavy atom. The number of benzene rings is 1. The van der Waals surface area contributed by atoms with Gasteiger partial charge in [0, 0.05) is 5.69 Å². The summed E-state index contributed by atoms with van der Waals surface area (Å²) in [4.78, 5) is 15.6. The molecule has 5 heteroatoms. The molecule has 0 bridgehead atoms. The maximum absolute atomic E-state index is 11.5. The first-order valence-corrected chi connectivity index (χ1v) is 6.72. The number of nitrogens with zero attached hydrogens (tertiary/aromatic N) is 1. The van der Waals surface area contributed by atoms with Gasteiger partial charge in [-0.3, -0.25) is 0 Å². The predicted octanol–water partition coefficient (Wildman–Crippen LogP) is 3.55. The van der Waals surface area contributed by atoms with Gasteiger partial charge in [-0.05, 0) is 25.0 Å². The van der Waals surface area contributed by atoms with Crippen molar-refractivity contribution in [3.8, 4) is 0 Å². The topological polar surface area (TPSA) is 64.4 Å². The number of esters is 1. The minimum absolute atomic E-state index is 0.169. The van der Waals surface area contributed by atoms with Crippen molar-refractivity contribution in [1.29, 1.82) is 0 Å². The lowest BCUT2D eigenvalue weighted by atomic mass is 10.1. The van der Waals surface area contributed by atoms with Crippen molar-refractivity contribution in [3.63, 3.8) is 0 Å². The quantitative estimate of drug-likeness (QED) is 0.816. The zero-order valence-electron chi connectivity index (χ0n) is 11.7. The van der Waals surface area contributed by atoms with Crippen LogP contribution < -0.4 is 5.32 Å². The third-order valence-electron chi connectivity index (χ3n) is 2.77. The van der Waals surface area contributed by atoms with Crippen LogP contribution >= 0.6 is 0 Å². The number of aryl methyl sites for hydroxylation is 1. The minimum atomic E-state index is -0.480. The molecule has 1 aromatic carbocycles. The van der Waals surface area contributed by atoms with Crippen LogP contribution in [-0.4, -0.2) is 17.6 Å². The Morgan fingerprint density at radius 3 is 2.90 bits per heavy atom. The molecule has 0 saturated heterocycles. The summed E-state index contributed by atoms with van der Waals surface area (Å²) in [5.41, 5.74) is 2.29. The maximum Gasteiger partial charge on any atom is 0.360 e. The first-order valence-electron chi connectivity index (χ1n) is 6.72. The van der Waals surface area contributed by atoms with E-state index in [1.54, 1.807) is 6.92 Å². The number of hydrogen-bond donors (Lipinski definition) is 1. The van der Waals surface area contributed by atoms with Gasteiger partial charge < -0.3 is 14.5 Å². The van der Waals surface area contributed by atoms with Gasteiger partial charge >= 0.3 is 5.97 Å². The van der Waals surface area contributed by atoms with Crippen molar-refractivity contribution in [2.24, 2.45) is 0 Å². The van der Waals surface area contributed by atoms with E-state index in [1.807, 2.05) is 18.2 Å². The normalized spacial score (nSPS) is 10.3. The molecule has 20 heavy (non-hydrogen) atoms. The fourth-order valence-electron chi connectivity index (χ4n) is 1.87. The SMILES string of the molecule is CCCc1ccccc1Nc1nc(C(=O)OCC)co1. The zero-order valence-corrected chi connectivity index (χ0v) is 11.7. The number of carbonyl (C=O) groups excluding carboxylic acids is 1. The summed E-state index contributed by atoms with van der Waals surface area (Å²) in [6.07, 6.45) is 3.32. The number of hydrogen-bond acceptors (Lipinski definition) is 5. The molecular formula is C15H18N2O3. The van der Waals surface area contributed by atoms with Crippen molar-refractivity contribution >= 4 is 17.7 Å². The van der Waals surface area contributed by atoms with Crippen LogP contribution in [0.1, 0.15) is 36.3 Å². The monoisotopic (exact) mass is 274 g/mol. The highest BCUT2D eigenvalue weighted by molar-refractivity contribution is 5.87. The Kier molecular flexibility index (Phi) is 4.76. The summed E-state index contributed by atoms with van der Waals surface area (Å²) in [5, 5.41) is 3.09. The molecule has 0 aliphatic rings. The number of nitrogens with one attached hydrogen (secondary N) is 1. The molecule has 0 unspecified atom stereocenters. The van der Waals surface area contributed by atoms with Gasteiger partial charge in [-0.15, -0.1) is 0 Å². The van der Waals surface area contributed by atoms with Crippen molar-refractivity contribution < 1.29 is 13.9 Å². The van der Waals surface area contributed by atoms with Crippen LogP contribution in [0.15, 0.2) is 34.9 Å². The summed E-state index contributed by atoms with van der Waals surface area (Å²) in [7, 11) is 0. The highest BCUT2D eigenvalue weighted by Gasteiger charge is 2.13. The molecule has 2 aromatic rings. The Hall–Kier alpha value is -2.30. The van der Waals surface area contributed by atoms with Gasteiger partial charge in [0.1, 0.15) is 6.26 Å². The minimum Gasteiger partial charge on any atom is -0.461 e. The molecule has 0 radical (unpaired) electrons. The average Bonchev–Trinajstić information content (AvgIpc) is 2.90. The number of anilines is 2. The van der Waals surface area contributed by atoms with E-state index in [0.717, 1.165) is 18.5 Å². The van der Waals surface area contributed by atoms with Crippen molar-refractivity contribution in [2.75, 3.05) is 11.9 Å². The number of rotatable bonds is 6. The Bertz CT molecular complexity index is 578. The van der Waals surface area contributed by atoms with Crippen LogP contribution in [0.2, 0.25) is 0 Å². The summed E-state index contributed by atoms with van der Waals surface area (Å²) in [5.74, 6) is -0.480. The Labute approximate surface area is 118 Å². The molecule has 0 saturated carbocycles. The zero-order chi connectivity index (χ0) is 14.4. The van der Waals surface area contributed by atoms with Crippen LogP contribution in [0.25, 0.3) is 0 Å². The molecule has 0 atom stereocenters. The third kappa shape index (κ3) is 3.38. The molecule has 0 fully saturated rings. The van der Waals surface area contributed by atoms with Gasteiger partial charge in [-0.2, -0.15) is 4.98 Å². The maximum atomic E-state index is 11.5. The van der Waals surface area contributed by atoms with Crippen molar-refractivity contribution in [1.82, 2.24) is 4.98 Å². The Balaban J connectivity index is 2.12. The number of ether oxygens (including phenoxy) is 1.